The minimum Gasteiger partial charge on any atom is -0.497 e. The van der Waals surface area contributed by atoms with Crippen LogP contribution in [0, 0.1) is 5.92 Å². The molecule has 3 atom stereocenters. The Morgan fingerprint density at radius 1 is 0.824 bits per heavy atom. The molecule has 0 aliphatic carbocycles. The molecule has 2 heterocycles. The van der Waals surface area contributed by atoms with Crippen LogP contribution in [0.3, 0.4) is 0 Å². The van der Waals surface area contributed by atoms with Gasteiger partial charge in [0.1, 0.15) is 17.4 Å². The van der Waals surface area contributed by atoms with Gasteiger partial charge < -0.3 is 9.47 Å². The van der Waals surface area contributed by atoms with Crippen molar-refractivity contribution in [3.05, 3.63) is 82.3 Å². The number of methoxy groups -OCH3 is 2. The molecule has 7 nitrogen and oxygen atoms in total. The largest absolute Gasteiger partial charge is 0.497 e. The van der Waals surface area contributed by atoms with Crippen molar-refractivity contribution in [3.8, 4) is 11.5 Å². The summed E-state index contributed by atoms with van der Waals surface area (Å²) in [5.41, 5.74) is 1.73. The third-order valence-corrected chi connectivity index (χ3v) is 6.51. The fourth-order valence-electron chi connectivity index (χ4n) is 4.47. The summed E-state index contributed by atoms with van der Waals surface area (Å²) < 4.78 is 11.0. The molecule has 2 saturated heterocycles. The van der Waals surface area contributed by atoms with E-state index in [1.807, 2.05) is 6.07 Å². The quantitative estimate of drug-likeness (QED) is 0.458. The van der Waals surface area contributed by atoms with Crippen LogP contribution in [0.1, 0.15) is 11.6 Å². The van der Waals surface area contributed by atoms with Gasteiger partial charge in [-0.05, 0) is 54.6 Å². The van der Waals surface area contributed by atoms with Gasteiger partial charge in [-0.2, -0.15) is 0 Å². The fourth-order valence-corrected chi connectivity index (χ4v) is 4.79. The van der Waals surface area contributed by atoms with Gasteiger partial charge in [-0.25, -0.2) is 9.96 Å². The first-order chi connectivity index (χ1) is 16.4. The number of fused-ring (bicyclic) bond motifs is 1. The van der Waals surface area contributed by atoms with Crippen LogP contribution >= 0.6 is 23.2 Å². The zero-order valence-corrected chi connectivity index (χ0v) is 19.8. The van der Waals surface area contributed by atoms with Gasteiger partial charge >= 0.3 is 0 Å². The molecular weight excluding hydrogens is 479 g/mol. The molecule has 2 fully saturated rings. The van der Waals surface area contributed by atoms with Crippen LogP contribution in [0.15, 0.2) is 66.7 Å². The zero-order valence-electron chi connectivity index (χ0n) is 18.3. The molecule has 174 valence electrons. The summed E-state index contributed by atoms with van der Waals surface area (Å²) in [6, 6.07) is 18.3. The summed E-state index contributed by atoms with van der Waals surface area (Å²) in [5, 5.41) is 2.56. The molecule has 0 radical (unpaired) electrons. The molecule has 2 aliphatic heterocycles. The Balaban J connectivity index is 1.63. The average molecular weight is 499 g/mol. The van der Waals surface area contributed by atoms with Crippen molar-refractivity contribution in [2.45, 2.75) is 12.1 Å². The highest BCUT2D eigenvalue weighted by Crippen LogP contribution is 2.50. The number of amides is 2. The van der Waals surface area contributed by atoms with E-state index in [-0.39, 0.29) is 5.91 Å². The molecule has 5 rings (SSSR count). The molecule has 2 amide bonds. The molecule has 0 aromatic heterocycles. The highest BCUT2D eigenvalue weighted by Gasteiger charge is 2.60. The van der Waals surface area contributed by atoms with Crippen LogP contribution in [-0.2, 0) is 14.4 Å². The maximum Gasteiger partial charge on any atom is 0.266 e. The third-order valence-electron chi connectivity index (χ3n) is 6.02. The SMILES string of the molecule is COc1ccc([C@@H]2[C@H]3C(=O)N(c4cccc(Cl)c4)C(=O)[C@H]3ON2c2ccc(Cl)cc2)c(OC)c1. The van der Waals surface area contributed by atoms with Crippen molar-refractivity contribution in [1.29, 1.82) is 0 Å². The lowest BCUT2D eigenvalue weighted by molar-refractivity contribution is -0.126. The number of nitrogens with zero attached hydrogens (tertiary/aromatic N) is 2. The maximum absolute atomic E-state index is 13.7. The van der Waals surface area contributed by atoms with Gasteiger partial charge in [0.05, 0.1) is 31.6 Å². The molecule has 9 heteroatoms. The molecule has 2 aliphatic rings. The van der Waals surface area contributed by atoms with Gasteiger partial charge in [0, 0.05) is 21.7 Å². The Labute approximate surface area is 206 Å². The summed E-state index contributed by atoms with van der Waals surface area (Å²) in [6.45, 7) is 0. The first-order valence-electron chi connectivity index (χ1n) is 10.5. The van der Waals surface area contributed by atoms with Crippen molar-refractivity contribution in [3.63, 3.8) is 0 Å². The normalized spacial score (nSPS) is 21.7. The predicted octanol–water partition coefficient (Wildman–Crippen LogP) is 5.06. The third kappa shape index (κ3) is 3.66. The van der Waals surface area contributed by atoms with Gasteiger partial charge in [-0.3, -0.25) is 14.4 Å². The molecule has 0 N–H and O–H groups in total. The van der Waals surface area contributed by atoms with Gasteiger partial charge in [-0.15, -0.1) is 0 Å². The average Bonchev–Trinajstić information content (AvgIpc) is 3.34. The molecule has 0 saturated carbocycles. The van der Waals surface area contributed by atoms with Gasteiger partial charge in [0.15, 0.2) is 6.10 Å². The summed E-state index contributed by atoms with van der Waals surface area (Å²) in [6.07, 6.45) is -1.01. The summed E-state index contributed by atoms with van der Waals surface area (Å²) in [7, 11) is 3.10. The van der Waals surface area contributed by atoms with E-state index in [1.165, 1.54) is 7.11 Å². The fraction of sp³-hybridized carbons (Fsp3) is 0.200. The van der Waals surface area contributed by atoms with E-state index in [2.05, 4.69) is 0 Å². The number of carbonyl (C=O) groups is 2. The Morgan fingerprint density at radius 3 is 2.26 bits per heavy atom. The van der Waals surface area contributed by atoms with Crippen molar-refractivity contribution < 1.29 is 23.9 Å². The number of imide groups is 1. The predicted molar refractivity (Wildman–Crippen MR) is 129 cm³/mol. The van der Waals surface area contributed by atoms with E-state index < -0.39 is 24.0 Å². The number of hydrogen-bond acceptors (Lipinski definition) is 6. The van der Waals surface area contributed by atoms with Crippen LogP contribution in [0.5, 0.6) is 11.5 Å². The molecule has 0 bridgehead atoms. The number of benzene rings is 3. The lowest BCUT2D eigenvalue weighted by Crippen LogP contribution is -2.37. The monoisotopic (exact) mass is 498 g/mol. The molecule has 34 heavy (non-hydrogen) atoms. The molecular formula is C25H20Cl2N2O5. The van der Waals surface area contributed by atoms with Crippen molar-refractivity contribution in [2.75, 3.05) is 24.2 Å². The van der Waals surface area contributed by atoms with E-state index in [0.29, 0.717) is 38.5 Å². The first-order valence-corrected chi connectivity index (χ1v) is 11.3. The minimum absolute atomic E-state index is 0.378. The Bertz CT molecular complexity index is 1270. The second-order valence-corrected chi connectivity index (χ2v) is 8.77. The highest BCUT2D eigenvalue weighted by molar-refractivity contribution is 6.31. The van der Waals surface area contributed by atoms with E-state index in [1.54, 1.807) is 72.8 Å². The standard InChI is InChI=1S/C25H20Cl2N2O5/c1-32-18-10-11-19(20(13-18)33-2)22-21-23(34-29(22)16-8-6-14(26)7-9-16)25(31)28(24(21)30)17-5-3-4-15(27)12-17/h3-13,21-23H,1-2H3/t21-,22-,23+/m1/s1. The van der Waals surface area contributed by atoms with Crippen LogP contribution in [-0.4, -0.2) is 32.1 Å². The molecule has 3 aromatic carbocycles. The van der Waals surface area contributed by atoms with Crippen molar-refractivity contribution in [1.82, 2.24) is 0 Å². The van der Waals surface area contributed by atoms with Crippen LogP contribution in [0.25, 0.3) is 0 Å². The van der Waals surface area contributed by atoms with Crippen molar-refractivity contribution in [2.24, 2.45) is 5.92 Å². The number of carbonyl (C=O) groups excluding carboxylic acids is 2. The summed E-state index contributed by atoms with van der Waals surface area (Å²) in [5.74, 6) is -0.537. The lowest BCUT2D eigenvalue weighted by atomic mass is 9.90. The van der Waals surface area contributed by atoms with Crippen LogP contribution in [0.4, 0.5) is 11.4 Å². The van der Waals surface area contributed by atoms with Crippen molar-refractivity contribution >= 4 is 46.4 Å². The summed E-state index contributed by atoms with van der Waals surface area (Å²) >= 11 is 12.2. The topological polar surface area (TPSA) is 68.3 Å². The number of rotatable bonds is 5. The number of halogens is 2. The van der Waals surface area contributed by atoms with Gasteiger partial charge in [-0.1, -0.05) is 29.3 Å². The Kier molecular flexibility index (Phi) is 5.85. The van der Waals surface area contributed by atoms with E-state index in [4.69, 9.17) is 37.5 Å². The number of ether oxygens (including phenoxy) is 2. The number of hydroxylamine groups is 1. The van der Waals surface area contributed by atoms with Gasteiger partial charge in [0.25, 0.3) is 5.91 Å². The van der Waals surface area contributed by atoms with Gasteiger partial charge in [0.2, 0.25) is 5.91 Å². The number of hydrogen-bond donors (Lipinski definition) is 0. The second kappa shape index (κ2) is 8.83. The lowest BCUT2D eigenvalue weighted by Gasteiger charge is -2.29. The first kappa shape index (κ1) is 22.5. The van der Waals surface area contributed by atoms with E-state index >= 15 is 0 Å². The summed E-state index contributed by atoms with van der Waals surface area (Å²) in [4.78, 5) is 34.4. The molecule has 3 aromatic rings. The highest BCUT2D eigenvalue weighted by atomic mass is 35.5. The smallest absolute Gasteiger partial charge is 0.266 e. The Morgan fingerprint density at radius 2 is 1.59 bits per heavy atom. The van der Waals surface area contributed by atoms with Crippen LogP contribution < -0.4 is 19.4 Å². The maximum atomic E-state index is 13.7. The Hall–Kier alpha value is -3.26. The van der Waals surface area contributed by atoms with Crippen LogP contribution in [0.2, 0.25) is 10.0 Å². The number of anilines is 2. The van der Waals surface area contributed by atoms with E-state index in [0.717, 1.165) is 4.90 Å². The molecule has 0 spiro atoms. The zero-order chi connectivity index (χ0) is 24.0. The molecule has 0 unspecified atom stereocenters. The minimum atomic E-state index is -1.01. The second-order valence-electron chi connectivity index (χ2n) is 7.90. The van der Waals surface area contributed by atoms with E-state index in [9.17, 15) is 9.59 Å².